The van der Waals surface area contributed by atoms with Crippen LogP contribution in [-0.4, -0.2) is 35.5 Å². The molecule has 1 aromatic carbocycles. The van der Waals surface area contributed by atoms with E-state index in [9.17, 15) is 9.59 Å². The summed E-state index contributed by atoms with van der Waals surface area (Å²) >= 11 is 0. The van der Waals surface area contributed by atoms with E-state index in [4.69, 9.17) is 0 Å². The molecule has 5 heteroatoms. The average Bonchev–Trinajstić information content (AvgIpc) is 2.51. The number of carbonyl (C=O) groups excluding carboxylic acids is 2. The van der Waals surface area contributed by atoms with Crippen LogP contribution >= 0.6 is 0 Å². The zero-order valence-corrected chi connectivity index (χ0v) is 13.5. The van der Waals surface area contributed by atoms with E-state index in [0.29, 0.717) is 25.6 Å². The van der Waals surface area contributed by atoms with E-state index < -0.39 is 0 Å². The van der Waals surface area contributed by atoms with Crippen LogP contribution in [0.25, 0.3) is 0 Å². The van der Waals surface area contributed by atoms with Crippen molar-refractivity contribution in [1.29, 1.82) is 0 Å². The van der Waals surface area contributed by atoms with Crippen LogP contribution in [0.5, 0.6) is 0 Å². The molecular formula is C18H25N3O2. The first-order valence-corrected chi connectivity index (χ1v) is 8.60. The number of piperidine rings is 1. The van der Waals surface area contributed by atoms with E-state index in [1.165, 1.54) is 6.42 Å². The standard InChI is InChI=1S/C18H25N3O2/c22-17-11-4-8-15(20-17)12-19-18(23)21(16-9-5-10-16)13-14-6-2-1-3-7-14/h1-3,6-7,15-16H,4-5,8-13H2,(H,19,23)(H,20,22)/t15-/m1/s1. The van der Waals surface area contributed by atoms with Crippen molar-refractivity contribution in [3.8, 4) is 0 Å². The molecule has 3 amide bonds. The lowest BCUT2D eigenvalue weighted by Crippen LogP contribution is -2.52. The van der Waals surface area contributed by atoms with Gasteiger partial charge in [-0.3, -0.25) is 4.79 Å². The Labute approximate surface area is 137 Å². The first-order valence-electron chi connectivity index (χ1n) is 8.60. The number of hydrogen-bond acceptors (Lipinski definition) is 2. The predicted molar refractivity (Wildman–Crippen MR) is 88.8 cm³/mol. The van der Waals surface area contributed by atoms with E-state index >= 15 is 0 Å². The average molecular weight is 315 g/mol. The molecular weight excluding hydrogens is 290 g/mol. The number of hydrogen-bond donors (Lipinski definition) is 2. The summed E-state index contributed by atoms with van der Waals surface area (Å²) < 4.78 is 0. The molecule has 1 saturated carbocycles. The fourth-order valence-corrected chi connectivity index (χ4v) is 3.19. The van der Waals surface area contributed by atoms with Crippen molar-refractivity contribution >= 4 is 11.9 Å². The summed E-state index contributed by atoms with van der Waals surface area (Å²) in [6, 6.07) is 10.5. The van der Waals surface area contributed by atoms with Gasteiger partial charge in [-0.25, -0.2) is 4.79 Å². The van der Waals surface area contributed by atoms with Crippen LogP contribution in [0.3, 0.4) is 0 Å². The van der Waals surface area contributed by atoms with Gasteiger partial charge in [-0.15, -0.1) is 0 Å². The third kappa shape index (κ3) is 4.24. The molecule has 1 aliphatic heterocycles. The third-order valence-electron chi connectivity index (χ3n) is 4.79. The molecule has 2 fully saturated rings. The molecule has 2 aliphatic rings. The lowest BCUT2D eigenvalue weighted by Gasteiger charge is -2.38. The lowest BCUT2D eigenvalue weighted by molar-refractivity contribution is -0.123. The number of nitrogens with one attached hydrogen (secondary N) is 2. The second-order valence-corrected chi connectivity index (χ2v) is 6.54. The first kappa shape index (κ1) is 15.8. The molecule has 0 spiro atoms. The van der Waals surface area contributed by atoms with Gasteiger partial charge in [-0.05, 0) is 37.7 Å². The molecule has 0 bridgehead atoms. The molecule has 1 saturated heterocycles. The number of benzene rings is 1. The normalized spacial score (nSPS) is 21.2. The summed E-state index contributed by atoms with van der Waals surface area (Å²) in [5, 5.41) is 5.96. The van der Waals surface area contributed by atoms with Gasteiger partial charge in [0.25, 0.3) is 0 Å². The fraction of sp³-hybridized carbons (Fsp3) is 0.556. The van der Waals surface area contributed by atoms with E-state index in [1.807, 2.05) is 23.1 Å². The first-order chi connectivity index (χ1) is 11.2. The molecule has 1 aromatic rings. The number of amides is 3. The highest BCUT2D eigenvalue weighted by Gasteiger charge is 2.29. The van der Waals surface area contributed by atoms with Crippen LogP contribution in [-0.2, 0) is 11.3 Å². The van der Waals surface area contributed by atoms with Crippen molar-refractivity contribution in [2.24, 2.45) is 0 Å². The van der Waals surface area contributed by atoms with Crippen molar-refractivity contribution in [1.82, 2.24) is 15.5 Å². The quantitative estimate of drug-likeness (QED) is 0.876. The van der Waals surface area contributed by atoms with Gasteiger partial charge in [-0.2, -0.15) is 0 Å². The predicted octanol–water partition coefficient (Wildman–Crippen LogP) is 2.42. The van der Waals surface area contributed by atoms with Gasteiger partial charge < -0.3 is 15.5 Å². The molecule has 124 valence electrons. The molecule has 1 atom stereocenters. The van der Waals surface area contributed by atoms with Crippen molar-refractivity contribution in [2.45, 2.75) is 57.2 Å². The van der Waals surface area contributed by atoms with Crippen LogP contribution in [0.1, 0.15) is 44.1 Å². The van der Waals surface area contributed by atoms with Gasteiger partial charge in [0.05, 0.1) is 0 Å². The van der Waals surface area contributed by atoms with Crippen LogP contribution < -0.4 is 10.6 Å². The van der Waals surface area contributed by atoms with E-state index in [0.717, 1.165) is 31.2 Å². The Bertz CT molecular complexity index is 542. The number of rotatable bonds is 5. The minimum absolute atomic E-state index is 0.0154. The molecule has 0 radical (unpaired) electrons. The summed E-state index contributed by atoms with van der Waals surface area (Å²) in [5.74, 6) is 0.0932. The lowest BCUT2D eigenvalue weighted by atomic mass is 9.91. The molecule has 23 heavy (non-hydrogen) atoms. The highest BCUT2D eigenvalue weighted by molar-refractivity contribution is 5.77. The second kappa shape index (κ2) is 7.49. The maximum absolute atomic E-state index is 12.6. The molecule has 0 aromatic heterocycles. The molecule has 1 aliphatic carbocycles. The monoisotopic (exact) mass is 315 g/mol. The fourth-order valence-electron chi connectivity index (χ4n) is 3.19. The van der Waals surface area contributed by atoms with Gasteiger partial charge in [-0.1, -0.05) is 30.3 Å². The Morgan fingerprint density at radius 1 is 1.17 bits per heavy atom. The highest BCUT2D eigenvalue weighted by Crippen LogP contribution is 2.26. The smallest absolute Gasteiger partial charge is 0.318 e. The molecule has 2 N–H and O–H groups in total. The summed E-state index contributed by atoms with van der Waals surface area (Å²) in [6.45, 7) is 1.16. The second-order valence-electron chi connectivity index (χ2n) is 6.54. The minimum Gasteiger partial charge on any atom is -0.352 e. The molecule has 5 nitrogen and oxygen atoms in total. The Morgan fingerprint density at radius 3 is 2.61 bits per heavy atom. The summed E-state index contributed by atoms with van der Waals surface area (Å²) in [6.07, 6.45) is 5.81. The summed E-state index contributed by atoms with van der Waals surface area (Å²) in [4.78, 5) is 26.0. The van der Waals surface area contributed by atoms with Crippen LogP contribution in [0.15, 0.2) is 30.3 Å². The summed E-state index contributed by atoms with van der Waals surface area (Å²) in [5.41, 5.74) is 1.15. The molecule has 0 unspecified atom stereocenters. The van der Waals surface area contributed by atoms with Crippen LogP contribution in [0, 0.1) is 0 Å². The van der Waals surface area contributed by atoms with Gasteiger partial charge in [0, 0.05) is 31.6 Å². The van der Waals surface area contributed by atoms with Gasteiger partial charge in [0.2, 0.25) is 5.91 Å². The van der Waals surface area contributed by atoms with Crippen molar-refractivity contribution in [3.05, 3.63) is 35.9 Å². The Morgan fingerprint density at radius 2 is 1.96 bits per heavy atom. The van der Waals surface area contributed by atoms with Crippen LogP contribution in [0.4, 0.5) is 4.79 Å². The van der Waals surface area contributed by atoms with Gasteiger partial charge in [0.1, 0.15) is 0 Å². The SMILES string of the molecule is O=C1CCC[C@H](CNC(=O)N(Cc2ccccc2)C2CCC2)N1. The molecule has 3 rings (SSSR count). The zero-order valence-electron chi connectivity index (χ0n) is 13.5. The zero-order chi connectivity index (χ0) is 16.1. The number of urea groups is 1. The van der Waals surface area contributed by atoms with Gasteiger partial charge in [0.15, 0.2) is 0 Å². The van der Waals surface area contributed by atoms with Crippen molar-refractivity contribution in [3.63, 3.8) is 0 Å². The van der Waals surface area contributed by atoms with Crippen molar-refractivity contribution < 1.29 is 9.59 Å². The number of carbonyl (C=O) groups is 2. The Kier molecular flexibility index (Phi) is 5.16. The van der Waals surface area contributed by atoms with Crippen LogP contribution in [0.2, 0.25) is 0 Å². The molecule has 1 heterocycles. The number of nitrogens with zero attached hydrogens (tertiary/aromatic N) is 1. The van der Waals surface area contributed by atoms with E-state index in [1.54, 1.807) is 0 Å². The maximum Gasteiger partial charge on any atom is 0.318 e. The third-order valence-corrected chi connectivity index (χ3v) is 4.79. The topological polar surface area (TPSA) is 61.4 Å². The highest BCUT2D eigenvalue weighted by atomic mass is 16.2. The Balaban J connectivity index is 1.55. The van der Waals surface area contributed by atoms with E-state index in [-0.39, 0.29) is 18.0 Å². The summed E-state index contributed by atoms with van der Waals surface area (Å²) in [7, 11) is 0. The maximum atomic E-state index is 12.6. The van der Waals surface area contributed by atoms with E-state index in [2.05, 4.69) is 22.8 Å². The van der Waals surface area contributed by atoms with Gasteiger partial charge >= 0.3 is 6.03 Å². The largest absolute Gasteiger partial charge is 0.352 e. The minimum atomic E-state index is -0.0154. The Hall–Kier alpha value is -2.04. The van der Waals surface area contributed by atoms with Crippen molar-refractivity contribution in [2.75, 3.05) is 6.54 Å².